The van der Waals surface area contributed by atoms with Crippen LogP contribution in [0.25, 0.3) is 11.4 Å². The number of aromatic amines is 1. The molecule has 1 aromatic heterocycles. The number of hydrogen-bond donors (Lipinski definition) is 2. The Balaban J connectivity index is 2.44. The number of carbonyl (C=O) groups excluding carboxylic acids is 1. The quantitative estimate of drug-likeness (QED) is 0.638. The summed E-state index contributed by atoms with van der Waals surface area (Å²) in [7, 11) is 0. The SMILES string of the molecule is Cc1ccc(C)c(-c2ncc(C(=O)C(=O)O)[nH]2)c1. The molecule has 1 aromatic carbocycles. The van der Waals surface area contributed by atoms with Gasteiger partial charge in [0.15, 0.2) is 0 Å². The number of imidazole rings is 1. The third kappa shape index (κ3) is 2.15. The van der Waals surface area contributed by atoms with Crippen LogP contribution in [0.15, 0.2) is 24.4 Å². The van der Waals surface area contributed by atoms with Gasteiger partial charge >= 0.3 is 5.97 Å². The largest absolute Gasteiger partial charge is 0.475 e. The van der Waals surface area contributed by atoms with Gasteiger partial charge in [0.25, 0.3) is 5.78 Å². The molecule has 0 aliphatic carbocycles. The van der Waals surface area contributed by atoms with E-state index < -0.39 is 11.8 Å². The Bertz CT molecular complexity index is 629. The van der Waals surface area contributed by atoms with Crippen molar-refractivity contribution in [3.63, 3.8) is 0 Å². The van der Waals surface area contributed by atoms with Gasteiger partial charge in [0.05, 0.1) is 6.20 Å². The highest BCUT2D eigenvalue weighted by Gasteiger charge is 2.18. The smallest absolute Gasteiger partial charge is 0.378 e. The molecule has 0 bridgehead atoms. The Morgan fingerprint density at radius 2 is 2.00 bits per heavy atom. The minimum absolute atomic E-state index is 0.0154. The van der Waals surface area contributed by atoms with Crippen LogP contribution in [0.3, 0.4) is 0 Å². The highest BCUT2D eigenvalue weighted by molar-refractivity contribution is 6.39. The number of ketones is 1. The molecule has 92 valence electrons. The van der Waals surface area contributed by atoms with E-state index in [0.29, 0.717) is 5.82 Å². The average Bonchev–Trinajstić information content (AvgIpc) is 2.80. The predicted octanol–water partition coefficient (Wildman–Crippen LogP) is 1.96. The van der Waals surface area contributed by atoms with Gasteiger partial charge in [-0.25, -0.2) is 9.78 Å². The molecule has 2 rings (SSSR count). The van der Waals surface area contributed by atoms with E-state index in [1.54, 1.807) is 0 Å². The van der Waals surface area contributed by atoms with Crippen LogP contribution in [0, 0.1) is 13.8 Å². The summed E-state index contributed by atoms with van der Waals surface area (Å²) in [5.74, 6) is -1.98. The second kappa shape index (κ2) is 4.44. The van der Waals surface area contributed by atoms with E-state index in [-0.39, 0.29) is 5.69 Å². The third-order valence-corrected chi connectivity index (χ3v) is 2.66. The normalized spacial score (nSPS) is 10.3. The summed E-state index contributed by atoms with van der Waals surface area (Å²) in [5.41, 5.74) is 2.92. The predicted molar refractivity (Wildman–Crippen MR) is 65.5 cm³/mol. The van der Waals surface area contributed by atoms with Gasteiger partial charge in [0.2, 0.25) is 0 Å². The van der Waals surface area contributed by atoms with Crippen molar-refractivity contribution in [1.29, 1.82) is 0 Å². The van der Waals surface area contributed by atoms with Crippen LogP contribution >= 0.6 is 0 Å². The number of nitrogens with zero attached hydrogens (tertiary/aromatic N) is 1. The lowest BCUT2D eigenvalue weighted by molar-refractivity contribution is -0.131. The lowest BCUT2D eigenvalue weighted by Crippen LogP contribution is -2.12. The van der Waals surface area contributed by atoms with E-state index >= 15 is 0 Å². The first kappa shape index (κ1) is 12.0. The van der Waals surface area contributed by atoms with E-state index in [4.69, 9.17) is 5.11 Å². The van der Waals surface area contributed by atoms with Gasteiger partial charge in [-0.15, -0.1) is 0 Å². The Morgan fingerprint density at radius 1 is 1.28 bits per heavy atom. The summed E-state index contributed by atoms with van der Waals surface area (Å²) >= 11 is 0. The lowest BCUT2D eigenvalue weighted by atomic mass is 10.1. The molecule has 5 nitrogen and oxygen atoms in total. The number of hydrogen-bond acceptors (Lipinski definition) is 3. The number of aryl methyl sites for hydroxylation is 2. The zero-order chi connectivity index (χ0) is 13.3. The molecule has 0 aliphatic heterocycles. The van der Waals surface area contributed by atoms with Crippen molar-refractivity contribution in [2.75, 3.05) is 0 Å². The van der Waals surface area contributed by atoms with Gasteiger partial charge in [-0.3, -0.25) is 4.79 Å². The Hall–Kier alpha value is -2.43. The van der Waals surface area contributed by atoms with Crippen molar-refractivity contribution >= 4 is 11.8 Å². The van der Waals surface area contributed by atoms with E-state index in [1.165, 1.54) is 6.20 Å². The van der Waals surface area contributed by atoms with E-state index in [0.717, 1.165) is 16.7 Å². The highest BCUT2D eigenvalue weighted by atomic mass is 16.4. The fraction of sp³-hybridized carbons (Fsp3) is 0.154. The third-order valence-electron chi connectivity index (χ3n) is 2.66. The standard InChI is InChI=1S/C13H12N2O3/c1-7-3-4-8(2)9(5-7)12-14-6-10(15-12)11(16)13(17)18/h3-6H,1-2H3,(H,14,15)(H,17,18). The maximum atomic E-state index is 11.3. The van der Waals surface area contributed by atoms with Crippen molar-refractivity contribution in [3.8, 4) is 11.4 Å². The summed E-state index contributed by atoms with van der Waals surface area (Å²) in [4.78, 5) is 28.6. The van der Waals surface area contributed by atoms with Crippen molar-refractivity contribution in [3.05, 3.63) is 41.2 Å². The topological polar surface area (TPSA) is 83.1 Å². The molecule has 0 unspecified atom stereocenters. The summed E-state index contributed by atoms with van der Waals surface area (Å²) in [6.07, 6.45) is 1.24. The van der Waals surface area contributed by atoms with Gasteiger partial charge in [-0.05, 0) is 25.5 Å². The van der Waals surface area contributed by atoms with Crippen molar-refractivity contribution in [2.24, 2.45) is 0 Å². The lowest BCUT2D eigenvalue weighted by Gasteiger charge is -2.03. The molecule has 0 saturated heterocycles. The zero-order valence-corrected chi connectivity index (χ0v) is 10.0. The fourth-order valence-electron chi connectivity index (χ4n) is 1.68. The molecule has 0 fully saturated rings. The molecular formula is C13H12N2O3. The molecule has 0 radical (unpaired) electrons. The summed E-state index contributed by atoms with van der Waals surface area (Å²) in [6.45, 7) is 3.88. The van der Waals surface area contributed by atoms with Crippen LogP contribution in [0.5, 0.6) is 0 Å². The number of nitrogens with one attached hydrogen (secondary N) is 1. The van der Waals surface area contributed by atoms with Crippen LogP contribution in [0.4, 0.5) is 0 Å². The van der Waals surface area contributed by atoms with Gasteiger partial charge in [0.1, 0.15) is 11.5 Å². The number of aromatic nitrogens is 2. The first-order chi connectivity index (χ1) is 8.49. The summed E-state index contributed by atoms with van der Waals surface area (Å²) in [6, 6.07) is 5.86. The maximum absolute atomic E-state index is 11.3. The van der Waals surface area contributed by atoms with E-state index in [1.807, 2.05) is 32.0 Å². The minimum Gasteiger partial charge on any atom is -0.475 e. The van der Waals surface area contributed by atoms with Gasteiger partial charge < -0.3 is 10.1 Å². The van der Waals surface area contributed by atoms with Gasteiger partial charge in [-0.1, -0.05) is 17.7 Å². The first-order valence-corrected chi connectivity index (χ1v) is 5.39. The number of carbonyl (C=O) groups is 2. The molecule has 0 amide bonds. The van der Waals surface area contributed by atoms with Gasteiger partial charge in [0, 0.05) is 5.56 Å². The fourth-order valence-corrected chi connectivity index (χ4v) is 1.68. The van der Waals surface area contributed by atoms with Crippen molar-refractivity contribution < 1.29 is 14.7 Å². The van der Waals surface area contributed by atoms with E-state index in [2.05, 4.69) is 9.97 Å². The molecule has 1 heterocycles. The Labute approximate surface area is 103 Å². The summed E-state index contributed by atoms with van der Waals surface area (Å²) in [5, 5.41) is 8.62. The molecule has 2 N–H and O–H groups in total. The number of carboxylic acids is 1. The second-order valence-corrected chi connectivity index (χ2v) is 4.10. The molecule has 0 spiro atoms. The maximum Gasteiger partial charge on any atom is 0.378 e. The molecule has 5 heteroatoms. The average molecular weight is 244 g/mol. The van der Waals surface area contributed by atoms with Crippen LogP contribution < -0.4 is 0 Å². The van der Waals surface area contributed by atoms with Crippen molar-refractivity contribution in [2.45, 2.75) is 13.8 Å². The first-order valence-electron chi connectivity index (χ1n) is 5.39. The van der Waals surface area contributed by atoms with Crippen LogP contribution in [0.1, 0.15) is 21.6 Å². The molecule has 0 aliphatic rings. The number of carboxylic acid groups (broad SMARTS) is 1. The van der Waals surface area contributed by atoms with Gasteiger partial charge in [-0.2, -0.15) is 0 Å². The van der Waals surface area contributed by atoms with Crippen LogP contribution in [-0.2, 0) is 4.79 Å². The highest BCUT2D eigenvalue weighted by Crippen LogP contribution is 2.21. The molecule has 0 atom stereocenters. The molecule has 2 aromatic rings. The number of rotatable bonds is 3. The number of aliphatic carboxylic acids is 1. The Kier molecular flexibility index (Phi) is 2.97. The number of Topliss-reactive ketones (excluding diaryl/α,β-unsaturated/α-hetero) is 1. The number of H-pyrrole nitrogens is 1. The van der Waals surface area contributed by atoms with Crippen LogP contribution in [-0.4, -0.2) is 26.8 Å². The minimum atomic E-state index is -1.49. The Morgan fingerprint density at radius 3 is 2.67 bits per heavy atom. The van der Waals surface area contributed by atoms with Crippen LogP contribution in [0.2, 0.25) is 0 Å². The molecule has 0 saturated carbocycles. The molecule has 18 heavy (non-hydrogen) atoms. The monoisotopic (exact) mass is 244 g/mol. The summed E-state index contributed by atoms with van der Waals surface area (Å²) < 4.78 is 0. The number of benzene rings is 1. The van der Waals surface area contributed by atoms with E-state index in [9.17, 15) is 9.59 Å². The van der Waals surface area contributed by atoms with Crippen molar-refractivity contribution in [1.82, 2.24) is 9.97 Å². The molecular weight excluding hydrogens is 232 g/mol. The second-order valence-electron chi connectivity index (χ2n) is 4.10. The zero-order valence-electron chi connectivity index (χ0n) is 10.0.